The highest BCUT2D eigenvalue weighted by molar-refractivity contribution is 6.11. The average Bonchev–Trinajstić information content (AvgIpc) is 2.34. The van der Waals surface area contributed by atoms with Crippen LogP contribution in [0.5, 0.6) is 0 Å². The van der Waals surface area contributed by atoms with E-state index in [2.05, 4.69) is 4.74 Å². The maximum Gasteiger partial charge on any atom is 0.349 e. The predicted molar refractivity (Wildman–Crippen MR) is 66.4 cm³/mol. The fourth-order valence-electron chi connectivity index (χ4n) is 1.61. The maximum absolute atomic E-state index is 13.7. The number of benzene rings is 1. The van der Waals surface area contributed by atoms with Gasteiger partial charge in [-0.15, -0.1) is 0 Å². The standard InChI is InChI=1S/C14H17FO3/c1-4-7-18-14(17)12(15)13(16)11-6-5-9(2)8-10(11)3/h5-6,8,12H,4,7H2,1-3H3. The van der Waals surface area contributed by atoms with Gasteiger partial charge in [-0.25, -0.2) is 9.18 Å². The molecule has 98 valence electrons. The first-order valence-corrected chi connectivity index (χ1v) is 5.89. The third-order valence-electron chi connectivity index (χ3n) is 2.53. The second-order valence-electron chi connectivity index (χ2n) is 4.21. The predicted octanol–water partition coefficient (Wildman–Crippen LogP) is 2.78. The molecule has 18 heavy (non-hydrogen) atoms. The summed E-state index contributed by atoms with van der Waals surface area (Å²) in [6, 6.07) is 5.02. The van der Waals surface area contributed by atoms with Crippen molar-refractivity contribution in [1.82, 2.24) is 0 Å². The molecule has 0 aliphatic rings. The van der Waals surface area contributed by atoms with Gasteiger partial charge in [0.15, 0.2) is 0 Å². The monoisotopic (exact) mass is 252 g/mol. The van der Waals surface area contributed by atoms with Crippen LogP contribution in [0, 0.1) is 13.8 Å². The number of ketones is 1. The molecule has 0 fully saturated rings. The summed E-state index contributed by atoms with van der Waals surface area (Å²) in [6.07, 6.45) is -1.64. The van der Waals surface area contributed by atoms with Crippen LogP contribution in [0.2, 0.25) is 0 Å². The van der Waals surface area contributed by atoms with E-state index >= 15 is 0 Å². The number of halogens is 1. The van der Waals surface area contributed by atoms with Crippen LogP contribution in [0.1, 0.15) is 34.8 Å². The smallest absolute Gasteiger partial charge is 0.349 e. The summed E-state index contributed by atoms with van der Waals surface area (Å²) in [4.78, 5) is 23.1. The molecule has 1 unspecified atom stereocenters. The fraction of sp³-hybridized carbons (Fsp3) is 0.429. The molecule has 0 saturated carbocycles. The highest BCUT2D eigenvalue weighted by Gasteiger charge is 2.29. The molecule has 1 aromatic rings. The lowest BCUT2D eigenvalue weighted by Crippen LogP contribution is -2.28. The van der Waals surface area contributed by atoms with E-state index in [0.29, 0.717) is 12.0 Å². The number of esters is 1. The van der Waals surface area contributed by atoms with Gasteiger partial charge in [-0.1, -0.05) is 30.7 Å². The highest BCUT2D eigenvalue weighted by atomic mass is 19.1. The summed E-state index contributed by atoms with van der Waals surface area (Å²) in [7, 11) is 0. The Hall–Kier alpha value is -1.71. The number of carbonyl (C=O) groups excluding carboxylic acids is 2. The molecule has 4 heteroatoms. The molecule has 1 atom stereocenters. The second kappa shape index (κ2) is 6.28. The summed E-state index contributed by atoms with van der Waals surface area (Å²) >= 11 is 0. The van der Waals surface area contributed by atoms with Crippen LogP contribution in [0.15, 0.2) is 18.2 Å². The molecule has 1 aromatic carbocycles. The number of carbonyl (C=O) groups is 2. The van der Waals surface area contributed by atoms with E-state index in [1.165, 1.54) is 6.07 Å². The van der Waals surface area contributed by atoms with Crippen molar-refractivity contribution in [2.45, 2.75) is 33.4 Å². The van der Waals surface area contributed by atoms with Gasteiger partial charge in [-0.05, 0) is 25.8 Å². The van der Waals surface area contributed by atoms with Crippen molar-refractivity contribution in [1.29, 1.82) is 0 Å². The topological polar surface area (TPSA) is 43.4 Å². The first-order valence-electron chi connectivity index (χ1n) is 5.89. The molecule has 0 saturated heterocycles. The second-order valence-corrected chi connectivity index (χ2v) is 4.21. The number of hydrogen-bond acceptors (Lipinski definition) is 3. The molecule has 0 bridgehead atoms. The Balaban J connectivity index is 2.83. The Morgan fingerprint density at radius 1 is 1.33 bits per heavy atom. The van der Waals surface area contributed by atoms with E-state index in [0.717, 1.165) is 5.56 Å². The van der Waals surface area contributed by atoms with Crippen LogP contribution in [-0.4, -0.2) is 24.5 Å². The summed E-state index contributed by atoms with van der Waals surface area (Å²) in [5.41, 5.74) is 1.86. The summed E-state index contributed by atoms with van der Waals surface area (Å²) in [6.45, 7) is 5.51. The first kappa shape index (κ1) is 14.4. The molecule has 0 aliphatic heterocycles. The Kier molecular flexibility index (Phi) is 5.01. The minimum Gasteiger partial charge on any atom is -0.463 e. The van der Waals surface area contributed by atoms with Gasteiger partial charge in [0, 0.05) is 5.56 Å². The fourth-order valence-corrected chi connectivity index (χ4v) is 1.61. The molecule has 0 aliphatic carbocycles. The summed E-state index contributed by atoms with van der Waals surface area (Å²) in [5, 5.41) is 0. The van der Waals surface area contributed by atoms with Gasteiger partial charge >= 0.3 is 5.97 Å². The summed E-state index contributed by atoms with van der Waals surface area (Å²) in [5.74, 6) is -1.95. The molecular weight excluding hydrogens is 235 g/mol. The van der Waals surface area contributed by atoms with Crippen molar-refractivity contribution in [2.24, 2.45) is 0 Å². The van der Waals surface area contributed by atoms with Gasteiger partial charge < -0.3 is 4.74 Å². The minimum atomic E-state index is -2.24. The average molecular weight is 252 g/mol. The first-order chi connectivity index (χ1) is 8.47. The molecule has 0 aromatic heterocycles. The third-order valence-corrected chi connectivity index (χ3v) is 2.53. The van der Waals surface area contributed by atoms with Crippen molar-refractivity contribution in [3.63, 3.8) is 0 Å². The van der Waals surface area contributed by atoms with Gasteiger partial charge in [-0.2, -0.15) is 0 Å². The van der Waals surface area contributed by atoms with Gasteiger partial charge in [0.05, 0.1) is 6.61 Å². The third kappa shape index (κ3) is 3.39. The van der Waals surface area contributed by atoms with Crippen LogP contribution in [0.4, 0.5) is 4.39 Å². The lowest BCUT2D eigenvalue weighted by molar-refractivity contribution is -0.147. The molecule has 0 spiro atoms. The van der Waals surface area contributed by atoms with E-state index in [1.807, 2.05) is 6.92 Å². The van der Waals surface area contributed by atoms with Crippen LogP contribution < -0.4 is 0 Å². The lowest BCUT2D eigenvalue weighted by Gasteiger charge is -2.09. The molecular formula is C14H17FO3. The maximum atomic E-state index is 13.7. The summed E-state index contributed by atoms with van der Waals surface area (Å²) < 4.78 is 18.3. The van der Waals surface area contributed by atoms with Crippen LogP contribution in [0.3, 0.4) is 0 Å². The van der Waals surface area contributed by atoms with Crippen LogP contribution >= 0.6 is 0 Å². The zero-order valence-electron chi connectivity index (χ0n) is 10.8. The van der Waals surface area contributed by atoms with Crippen LogP contribution in [0.25, 0.3) is 0 Å². The molecule has 0 heterocycles. The van der Waals surface area contributed by atoms with Crippen molar-refractivity contribution < 1.29 is 18.7 Å². The van der Waals surface area contributed by atoms with E-state index < -0.39 is 17.9 Å². The van der Waals surface area contributed by atoms with Crippen molar-refractivity contribution >= 4 is 11.8 Å². The van der Waals surface area contributed by atoms with Crippen molar-refractivity contribution in [3.05, 3.63) is 34.9 Å². The SMILES string of the molecule is CCCOC(=O)C(F)C(=O)c1ccc(C)cc1C. The number of alkyl halides is 1. The van der Waals surface area contributed by atoms with Gasteiger partial charge in [0.1, 0.15) is 0 Å². The molecule has 1 rings (SSSR count). The lowest BCUT2D eigenvalue weighted by atomic mass is 10.00. The Morgan fingerprint density at radius 3 is 2.56 bits per heavy atom. The van der Waals surface area contributed by atoms with Gasteiger partial charge in [-0.3, -0.25) is 4.79 Å². The Bertz CT molecular complexity index is 454. The number of hydrogen-bond donors (Lipinski definition) is 0. The van der Waals surface area contributed by atoms with Crippen LogP contribution in [-0.2, 0) is 9.53 Å². The van der Waals surface area contributed by atoms with E-state index in [-0.39, 0.29) is 12.2 Å². The number of aryl methyl sites for hydroxylation is 2. The van der Waals surface area contributed by atoms with E-state index in [9.17, 15) is 14.0 Å². The highest BCUT2D eigenvalue weighted by Crippen LogP contribution is 2.15. The van der Waals surface area contributed by atoms with Crippen molar-refractivity contribution in [3.8, 4) is 0 Å². The Morgan fingerprint density at radius 2 is 2.00 bits per heavy atom. The zero-order valence-corrected chi connectivity index (χ0v) is 10.8. The van der Waals surface area contributed by atoms with E-state index in [4.69, 9.17) is 0 Å². The minimum absolute atomic E-state index is 0.124. The van der Waals surface area contributed by atoms with Crippen molar-refractivity contribution in [2.75, 3.05) is 6.61 Å². The quantitative estimate of drug-likeness (QED) is 0.460. The molecule has 0 N–H and O–H groups in total. The van der Waals surface area contributed by atoms with Gasteiger partial charge in [0.2, 0.25) is 5.78 Å². The Labute approximate surface area is 106 Å². The molecule has 0 amide bonds. The number of rotatable bonds is 5. The largest absolute Gasteiger partial charge is 0.463 e. The van der Waals surface area contributed by atoms with E-state index in [1.54, 1.807) is 26.0 Å². The normalized spacial score (nSPS) is 12.0. The number of ether oxygens (including phenoxy) is 1. The number of Topliss-reactive ketones (excluding diaryl/α,β-unsaturated/α-hetero) is 1. The molecule has 3 nitrogen and oxygen atoms in total. The van der Waals surface area contributed by atoms with Gasteiger partial charge in [0.25, 0.3) is 6.17 Å². The zero-order chi connectivity index (χ0) is 13.7. The molecule has 0 radical (unpaired) electrons.